The van der Waals surface area contributed by atoms with Crippen LogP contribution in [0.25, 0.3) is 11.1 Å². The largest absolute Gasteiger partial charge is 0.493 e. The SMILES string of the molecule is COc1c(F)cc2c(c1-c1cnn(C)c1N)OCCO2. The van der Waals surface area contributed by atoms with E-state index < -0.39 is 5.82 Å². The average Bonchev–Trinajstić information content (AvgIpc) is 2.77. The van der Waals surface area contributed by atoms with Crippen LogP contribution in [0.4, 0.5) is 10.2 Å². The van der Waals surface area contributed by atoms with Crippen molar-refractivity contribution >= 4 is 5.82 Å². The summed E-state index contributed by atoms with van der Waals surface area (Å²) >= 11 is 0. The highest BCUT2D eigenvalue weighted by Crippen LogP contribution is 2.48. The smallest absolute Gasteiger partial charge is 0.173 e. The zero-order chi connectivity index (χ0) is 14.3. The molecule has 0 saturated carbocycles. The first-order valence-corrected chi connectivity index (χ1v) is 6.07. The van der Waals surface area contributed by atoms with Gasteiger partial charge < -0.3 is 19.9 Å². The number of benzene rings is 1. The molecule has 0 radical (unpaired) electrons. The predicted octanol–water partition coefficient (Wildman–Crippen LogP) is 1.59. The van der Waals surface area contributed by atoms with E-state index in [2.05, 4.69) is 5.10 Å². The lowest BCUT2D eigenvalue weighted by atomic mass is 10.0. The number of nitrogens with zero attached hydrogens (tertiary/aromatic N) is 2. The molecule has 0 amide bonds. The van der Waals surface area contributed by atoms with Crippen molar-refractivity contribution in [1.29, 1.82) is 0 Å². The molecule has 0 bridgehead atoms. The summed E-state index contributed by atoms with van der Waals surface area (Å²) in [5, 5.41) is 4.06. The summed E-state index contributed by atoms with van der Waals surface area (Å²) in [5.41, 5.74) is 6.94. The quantitative estimate of drug-likeness (QED) is 0.903. The maximum absolute atomic E-state index is 14.1. The number of fused-ring (bicyclic) bond motifs is 1. The highest BCUT2D eigenvalue weighted by molar-refractivity contribution is 5.85. The van der Waals surface area contributed by atoms with Gasteiger partial charge in [0.1, 0.15) is 19.0 Å². The van der Waals surface area contributed by atoms with Gasteiger partial charge in [-0.2, -0.15) is 5.10 Å². The summed E-state index contributed by atoms with van der Waals surface area (Å²) < 4.78 is 31.8. The van der Waals surface area contributed by atoms with Crippen molar-refractivity contribution in [3.63, 3.8) is 0 Å². The van der Waals surface area contributed by atoms with Crippen LogP contribution in [-0.2, 0) is 7.05 Å². The third-order valence-electron chi connectivity index (χ3n) is 3.20. The Labute approximate surface area is 114 Å². The molecule has 0 saturated heterocycles. The van der Waals surface area contributed by atoms with Gasteiger partial charge in [0.15, 0.2) is 23.1 Å². The molecule has 3 rings (SSSR count). The lowest BCUT2D eigenvalue weighted by Crippen LogP contribution is -2.17. The number of nitrogen functional groups attached to an aromatic ring is 1. The number of aryl methyl sites for hydroxylation is 1. The molecule has 20 heavy (non-hydrogen) atoms. The van der Waals surface area contributed by atoms with Crippen molar-refractivity contribution in [2.24, 2.45) is 7.05 Å². The fraction of sp³-hybridized carbons (Fsp3) is 0.308. The highest BCUT2D eigenvalue weighted by atomic mass is 19.1. The second kappa shape index (κ2) is 4.59. The predicted molar refractivity (Wildman–Crippen MR) is 70.6 cm³/mol. The molecule has 0 fully saturated rings. The molecule has 6 nitrogen and oxygen atoms in total. The maximum Gasteiger partial charge on any atom is 0.173 e. The molecule has 1 aromatic carbocycles. The lowest BCUT2D eigenvalue weighted by Gasteiger charge is -2.23. The van der Waals surface area contributed by atoms with E-state index in [9.17, 15) is 4.39 Å². The Morgan fingerprint density at radius 2 is 2.15 bits per heavy atom. The zero-order valence-electron chi connectivity index (χ0n) is 11.1. The van der Waals surface area contributed by atoms with Gasteiger partial charge in [0.2, 0.25) is 0 Å². The highest BCUT2D eigenvalue weighted by Gasteiger charge is 2.27. The molecule has 7 heteroatoms. The molecule has 1 aliphatic rings. The summed E-state index contributed by atoms with van der Waals surface area (Å²) in [7, 11) is 3.10. The molecule has 106 valence electrons. The summed E-state index contributed by atoms with van der Waals surface area (Å²) in [6.07, 6.45) is 1.55. The molecular weight excluding hydrogens is 265 g/mol. The van der Waals surface area contributed by atoms with Crippen molar-refractivity contribution in [1.82, 2.24) is 9.78 Å². The van der Waals surface area contributed by atoms with Gasteiger partial charge in [-0.1, -0.05) is 0 Å². The fourth-order valence-electron chi connectivity index (χ4n) is 2.22. The number of rotatable bonds is 2. The van der Waals surface area contributed by atoms with E-state index in [0.717, 1.165) is 0 Å². The normalized spacial score (nSPS) is 13.3. The van der Waals surface area contributed by atoms with Gasteiger partial charge in [0.05, 0.1) is 24.4 Å². The fourth-order valence-corrected chi connectivity index (χ4v) is 2.22. The molecule has 1 aromatic heterocycles. The minimum atomic E-state index is -0.532. The Bertz CT molecular complexity index is 669. The van der Waals surface area contributed by atoms with E-state index in [1.54, 1.807) is 13.2 Å². The van der Waals surface area contributed by atoms with Crippen LogP contribution in [0.15, 0.2) is 12.3 Å². The van der Waals surface area contributed by atoms with Gasteiger partial charge in [-0.05, 0) is 0 Å². The van der Waals surface area contributed by atoms with E-state index in [1.807, 2.05) is 0 Å². The number of hydrogen-bond acceptors (Lipinski definition) is 5. The van der Waals surface area contributed by atoms with Crippen LogP contribution < -0.4 is 19.9 Å². The van der Waals surface area contributed by atoms with Crippen LogP contribution in [0.2, 0.25) is 0 Å². The van der Waals surface area contributed by atoms with Crippen LogP contribution in [-0.4, -0.2) is 30.1 Å². The molecule has 0 unspecified atom stereocenters. The first-order valence-electron chi connectivity index (χ1n) is 6.07. The Morgan fingerprint density at radius 1 is 1.40 bits per heavy atom. The van der Waals surface area contributed by atoms with Gasteiger partial charge >= 0.3 is 0 Å². The molecular formula is C13H14FN3O3. The maximum atomic E-state index is 14.1. The first-order chi connectivity index (χ1) is 9.63. The molecule has 0 aliphatic carbocycles. The Balaban J connectivity index is 2.32. The number of nitrogens with two attached hydrogens (primary N) is 1. The van der Waals surface area contributed by atoms with Crippen molar-refractivity contribution in [3.05, 3.63) is 18.1 Å². The molecule has 0 spiro atoms. The standard InChI is InChI=1S/C13H14FN3O3/c1-17-13(15)7(6-16-17)10-11(18-2)8(14)5-9-12(10)20-4-3-19-9/h5-6H,3-4,15H2,1-2H3. The van der Waals surface area contributed by atoms with Crippen molar-refractivity contribution in [3.8, 4) is 28.4 Å². The van der Waals surface area contributed by atoms with Crippen LogP contribution in [0.5, 0.6) is 17.2 Å². The van der Waals surface area contributed by atoms with Gasteiger partial charge in [-0.25, -0.2) is 4.39 Å². The number of methoxy groups -OCH3 is 1. The Kier molecular flexibility index (Phi) is 2.89. The minimum Gasteiger partial charge on any atom is -0.493 e. The third kappa shape index (κ3) is 1.74. The lowest BCUT2D eigenvalue weighted by molar-refractivity contribution is 0.170. The average molecular weight is 279 g/mol. The van der Waals surface area contributed by atoms with E-state index in [-0.39, 0.29) is 5.75 Å². The summed E-state index contributed by atoms with van der Waals surface area (Å²) in [6, 6.07) is 1.25. The molecule has 0 atom stereocenters. The van der Waals surface area contributed by atoms with Crippen LogP contribution in [0.1, 0.15) is 0 Å². The van der Waals surface area contributed by atoms with E-state index in [4.69, 9.17) is 19.9 Å². The number of aromatic nitrogens is 2. The summed E-state index contributed by atoms with van der Waals surface area (Å²) in [5.74, 6) is 0.691. The van der Waals surface area contributed by atoms with Crippen LogP contribution >= 0.6 is 0 Å². The summed E-state index contributed by atoms with van der Waals surface area (Å²) in [6.45, 7) is 0.760. The van der Waals surface area contributed by atoms with Gasteiger partial charge in [0, 0.05) is 13.1 Å². The number of ether oxygens (including phenoxy) is 3. The first kappa shape index (κ1) is 12.6. The van der Waals surface area contributed by atoms with Gasteiger partial charge in [-0.15, -0.1) is 0 Å². The van der Waals surface area contributed by atoms with Crippen molar-refractivity contribution in [2.45, 2.75) is 0 Å². The second-order valence-corrected chi connectivity index (χ2v) is 4.36. The Hall–Kier alpha value is -2.44. The van der Waals surface area contributed by atoms with Crippen LogP contribution in [0.3, 0.4) is 0 Å². The minimum absolute atomic E-state index is 0.0638. The van der Waals surface area contributed by atoms with Crippen molar-refractivity contribution in [2.75, 3.05) is 26.1 Å². The molecule has 2 N–H and O–H groups in total. The monoisotopic (exact) mass is 279 g/mol. The third-order valence-corrected chi connectivity index (χ3v) is 3.20. The van der Waals surface area contributed by atoms with E-state index in [1.165, 1.54) is 17.9 Å². The van der Waals surface area contributed by atoms with Crippen molar-refractivity contribution < 1.29 is 18.6 Å². The Morgan fingerprint density at radius 3 is 2.80 bits per heavy atom. The number of anilines is 1. The van der Waals surface area contributed by atoms with Crippen LogP contribution in [0, 0.1) is 5.82 Å². The van der Waals surface area contributed by atoms with E-state index >= 15 is 0 Å². The molecule has 1 aliphatic heterocycles. The topological polar surface area (TPSA) is 71.5 Å². The molecule has 2 aromatic rings. The number of hydrogen-bond donors (Lipinski definition) is 1. The van der Waals surface area contributed by atoms with E-state index in [0.29, 0.717) is 41.7 Å². The number of halogens is 1. The second-order valence-electron chi connectivity index (χ2n) is 4.36. The zero-order valence-corrected chi connectivity index (χ0v) is 11.1. The van der Waals surface area contributed by atoms with Gasteiger partial charge in [0.25, 0.3) is 0 Å². The molecule has 2 heterocycles. The summed E-state index contributed by atoms with van der Waals surface area (Å²) in [4.78, 5) is 0. The van der Waals surface area contributed by atoms with Gasteiger partial charge in [-0.3, -0.25) is 4.68 Å².